The van der Waals surface area contributed by atoms with E-state index in [1.807, 2.05) is 0 Å². The second kappa shape index (κ2) is 5.61. The fourth-order valence-corrected chi connectivity index (χ4v) is 2.00. The van der Waals surface area contributed by atoms with Crippen molar-refractivity contribution in [3.05, 3.63) is 29.3 Å². The Morgan fingerprint density at radius 3 is 2.67 bits per heavy atom. The Kier molecular flexibility index (Phi) is 4.04. The zero-order chi connectivity index (χ0) is 15.6. The highest BCUT2D eigenvalue weighted by Crippen LogP contribution is 2.35. The van der Waals surface area contributed by atoms with Crippen LogP contribution in [-0.4, -0.2) is 36.9 Å². The minimum absolute atomic E-state index is 0.314. The second-order valence-corrected chi connectivity index (χ2v) is 4.57. The number of carboxylic acid groups (broad SMARTS) is 1. The standard InChI is InChI=1S/C13H11F3N2O3/c14-13(15,16)11-3-9(2-1-8(11)4-17)18-5-10(6-18)21-7-12(19)20/h1-3,10H,5-7H2,(H,19,20). The molecule has 0 spiro atoms. The molecule has 1 heterocycles. The maximum absolute atomic E-state index is 12.8. The summed E-state index contributed by atoms with van der Waals surface area (Å²) in [5, 5.41) is 17.2. The summed E-state index contributed by atoms with van der Waals surface area (Å²) in [6.07, 6.45) is -4.91. The van der Waals surface area contributed by atoms with Crippen LogP contribution in [0.2, 0.25) is 0 Å². The molecule has 1 aliphatic heterocycles. The van der Waals surface area contributed by atoms with Gasteiger partial charge in [0.15, 0.2) is 0 Å². The molecule has 1 N–H and O–H groups in total. The topological polar surface area (TPSA) is 73.6 Å². The minimum Gasteiger partial charge on any atom is -0.480 e. The average Bonchev–Trinajstić information content (AvgIpc) is 2.35. The van der Waals surface area contributed by atoms with Gasteiger partial charge in [-0.25, -0.2) is 4.79 Å². The van der Waals surface area contributed by atoms with Crippen LogP contribution in [0.25, 0.3) is 0 Å². The van der Waals surface area contributed by atoms with Gasteiger partial charge in [0.05, 0.1) is 23.3 Å². The number of aliphatic carboxylic acids is 1. The van der Waals surface area contributed by atoms with E-state index in [2.05, 4.69) is 0 Å². The number of hydrogen-bond acceptors (Lipinski definition) is 4. The van der Waals surface area contributed by atoms with Crippen molar-refractivity contribution in [3.63, 3.8) is 0 Å². The summed E-state index contributed by atoms with van der Waals surface area (Å²) >= 11 is 0. The van der Waals surface area contributed by atoms with Gasteiger partial charge in [-0.3, -0.25) is 0 Å². The molecule has 0 radical (unpaired) electrons. The summed E-state index contributed by atoms with van der Waals surface area (Å²) < 4.78 is 43.5. The fraction of sp³-hybridized carbons (Fsp3) is 0.385. The third kappa shape index (κ3) is 3.44. The van der Waals surface area contributed by atoms with Crippen molar-refractivity contribution < 1.29 is 27.8 Å². The molecule has 8 heteroatoms. The number of carbonyl (C=O) groups is 1. The van der Waals surface area contributed by atoms with Crippen LogP contribution in [0.1, 0.15) is 11.1 Å². The van der Waals surface area contributed by atoms with Gasteiger partial charge < -0.3 is 14.7 Å². The smallest absolute Gasteiger partial charge is 0.417 e. The Labute approximate surface area is 118 Å². The van der Waals surface area contributed by atoms with Crippen LogP contribution in [0.15, 0.2) is 18.2 Å². The molecule has 1 aromatic rings. The average molecular weight is 300 g/mol. The van der Waals surface area contributed by atoms with E-state index in [-0.39, 0.29) is 6.10 Å². The van der Waals surface area contributed by atoms with Crippen LogP contribution in [0.5, 0.6) is 0 Å². The van der Waals surface area contributed by atoms with E-state index in [1.54, 1.807) is 4.90 Å². The number of alkyl halides is 3. The predicted molar refractivity (Wildman–Crippen MR) is 65.7 cm³/mol. The molecule has 1 aliphatic rings. The molecule has 0 atom stereocenters. The molecule has 2 rings (SSSR count). The molecule has 1 saturated heterocycles. The first-order valence-corrected chi connectivity index (χ1v) is 6.01. The van der Waals surface area contributed by atoms with Gasteiger partial charge in [-0.1, -0.05) is 0 Å². The van der Waals surface area contributed by atoms with Crippen molar-refractivity contribution in [2.24, 2.45) is 0 Å². The summed E-state index contributed by atoms with van der Waals surface area (Å²) in [6, 6.07) is 5.00. The number of ether oxygens (including phenoxy) is 1. The molecular formula is C13H11F3N2O3. The Hall–Kier alpha value is -2.27. The molecule has 0 unspecified atom stereocenters. The van der Waals surface area contributed by atoms with Gasteiger partial charge in [-0.2, -0.15) is 18.4 Å². The molecule has 112 valence electrons. The number of nitriles is 1. The number of carboxylic acids is 1. The van der Waals surface area contributed by atoms with Gasteiger partial charge in [0.1, 0.15) is 6.61 Å². The van der Waals surface area contributed by atoms with Crippen LogP contribution in [-0.2, 0) is 15.7 Å². The fourth-order valence-electron chi connectivity index (χ4n) is 2.00. The van der Waals surface area contributed by atoms with Gasteiger partial charge in [0.25, 0.3) is 0 Å². The summed E-state index contributed by atoms with van der Waals surface area (Å²) in [7, 11) is 0. The maximum atomic E-state index is 12.8. The summed E-state index contributed by atoms with van der Waals surface area (Å²) in [5.41, 5.74) is -1.07. The molecule has 21 heavy (non-hydrogen) atoms. The predicted octanol–water partition coefficient (Wildman–Crippen LogP) is 1.87. The van der Waals surface area contributed by atoms with Crippen LogP contribution in [0, 0.1) is 11.3 Å². The molecule has 1 fully saturated rings. The monoisotopic (exact) mass is 300 g/mol. The molecule has 0 aromatic heterocycles. The number of halogens is 3. The molecule has 0 amide bonds. The highest BCUT2D eigenvalue weighted by molar-refractivity contribution is 5.68. The van der Waals surface area contributed by atoms with Gasteiger partial charge in [-0.05, 0) is 18.2 Å². The number of rotatable bonds is 4. The van der Waals surface area contributed by atoms with Gasteiger partial charge >= 0.3 is 12.1 Å². The molecular weight excluding hydrogens is 289 g/mol. The molecule has 0 saturated carbocycles. The van der Waals surface area contributed by atoms with E-state index in [0.29, 0.717) is 18.8 Å². The van der Waals surface area contributed by atoms with Crippen LogP contribution in [0.4, 0.5) is 18.9 Å². The Morgan fingerprint density at radius 2 is 2.14 bits per heavy atom. The number of hydrogen-bond donors (Lipinski definition) is 1. The maximum Gasteiger partial charge on any atom is 0.417 e. The van der Waals surface area contributed by atoms with Gasteiger partial charge in [-0.15, -0.1) is 0 Å². The Bertz CT molecular complexity index is 589. The van der Waals surface area contributed by atoms with E-state index in [0.717, 1.165) is 12.1 Å². The van der Waals surface area contributed by atoms with Gasteiger partial charge in [0, 0.05) is 18.8 Å². The first-order chi connectivity index (χ1) is 9.81. The first kappa shape index (κ1) is 15.1. The summed E-state index contributed by atoms with van der Waals surface area (Å²) in [6.45, 7) is 0.201. The lowest BCUT2D eigenvalue weighted by Gasteiger charge is -2.40. The third-order valence-corrected chi connectivity index (χ3v) is 3.08. The minimum atomic E-state index is -4.59. The quantitative estimate of drug-likeness (QED) is 0.919. The zero-order valence-corrected chi connectivity index (χ0v) is 10.7. The van der Waals surface area contributed by atoms with Crippen molar-refractivity contribution >= 4 is 11.7 Å². The number of nitrogens with zero attached hydrogens (tertiary/aromatic N) is 2. The Balaban J connectivity index is 2.07. The highest BCUT2D eigenvalue weighted by Gasteiger charge is 2.35. The van der Waals surface area contributed by atoms with Crippen LogP contribution >= 0.6 is 0 Å². The third-order valence-electron chi connectivity index (χ3n) is 3.08. The number of anilines is 1. The van der Waals surface area contributed by atoms with E-state index < -0.39 is 29.9 Å². The van der Waals surface area contributed by atoms with Crippen LogP contribution < -0.4 is 4.90 Å². The largest absolute Gasteiger partial charge is 0.480 e. The van der Waals surface area contributed by atoms with Crippen LogP contribution in [0.3, 0.4) is 0 Å². The second-order valence-electron chi connectivity index (χ2n) is 4.57. The SMILES string of the molecule is N#Cc1ccc(N2CC(OCC(=O)O)C2)cc1C(F)(F)F. The lowest BCUT2D eigenvalue weighted by Crippen LogP contribution is -2.52. The van der Waals surface area contributed by atoms with Crippen molar-refractivity contribution in [1.82, 2.24) is 0 Å². The normalized spacial score (nSPS) is 15.4. The highest BCUT2D eigenvalue weighted by atomic mass is 19.4. The van der Waals surface area contributed by atoms with Crippen molar-refractivity contribution in [3.8, 4) is 6.07 Å². The lowest BCUT2D eigenvalue weighted by atomic mass is 10.0. The molecule has 5 nitrogen and oxygen atoms in total. The van der Waals surface area contributed by atoms with Gasteiger partial charge in [0.2, 0.25) is 0 Å². The molecule has 0 aliphatic carbocycles. The zero-order valence-electron chi connectivity index (χ0n) is 10.7. The summed E-state index contributed by atoms with van der Waals surface area (Å²) in [5.74, 6) is -1.09. The molecule has 1 aromatic carbocycles. The van der Waals surface area contributed by atoms with Crippen molar-refractivity contribution in [2.45, 2.75) is 12.3 Å². The van der Waals surface area contributed by atoms with E-state index in [1.165, 1.54) is 12.1 Å². The van der Waals surface area contributed by atoms with E-state index in [4.69, 9.17) is 15.1 Å². The number of benzene rings is 1. The Morgan fingerprint density at radius 1 is 1.48 bits per heavy atom. The first-order valence-electron chi connectivity index (χ1n) is 6.01. The molecule has 0 bridgehead atoms. The lowest BCUT2D eigenvalue weighted by molar-refractivity contribution is -0.145. The van der Waals surface area contributed by atoms with Crippen molar-refractivity contribution in [1.29, 1.82) is 5.26 Å². The van der Waals surface area contributed by atoms with E-state index in [9.17, 15) is 18.0 Å². The van der Waals surface area contributed by atoms with E-state index >= 15 is 0 Å². The van der Waals surface area contributed by atoms with Crippen molar-refractivity contribution in [2.75, 3.05) is 24.6 Å². The summed E-state index contributed by atoms with van der Waals surface area (Å²) in [4.78, 5) is 12.0.